The van der Waals surface area contributed by atoms with Crippen molar-refractivity contribution >= 4 is 22.8 Å². The molecule has 5 heteroatoms. The molecule has 0 spiro atoms. The SMILES string of the molecule is O=CC(=O)c1cc(O)cc2cc(O)cc(O)c12. The lowest BCUT2D eigenvalue weighted by molar-refractivity contribution is -0.104. The summed E-state index contributed by atoms with van der Waals surface area (Å²) in [6, 6.07) is 4.70. The van der Waals surface area contributed by atoms with Crippen molar-refractivity contribution < 1.29 is 24.9 Å². The van der Waals surface area contributed by atoms with Gasteiger partial charge in [-0.25, -0.2) is 0 Å². The van der Waals surface area contributed by atoms with Crippen molar-refractivity contribution in [2.75, 3.05) is 0 Å². The smallest absolute Gasteiger partial charge is 0.226 e. The zero-order valence-corrected chi connectivity index (χ0v) is 8.54. The Hall–Kier alpha value is -2.56. The Morgan fingerprint density at radius 2 is 1.59 bits per heavy atom. The van der Waals surface area contributed by atoms with Gasteiger partial charge in [0, 0.05) is 17.0 Å². The van der Waals surface area contributed by atoms with Gasteiger partial charge in [0.05, 0.1) is 0 Å². The first-order valence-electron chi connectivity index (χ1n) is 4.71. The summed E-state index contributed by atoms with van der Waals surface area (Å²) >= 11 is 0. The molecule has 17 heavy (non-hydrogen) atoms. The minimum absolute atomic E-state index is 0.0977. The zero-order valence-electron chi connectivity index (χ0n) is 8.54. The van der Waals surface area contributed by atoms with Gasteiger partial charge < -0.3 is 15.3 Å². The lowest BCUT2D eigenvalue weighted by atomic mass is 10.00. The van der Waals surface area contributed by atoms with Gasteiger partial charge in [0.25, 0.3) is 0 Å². The monoisotopic (exact) mass is 232 g/mol. The van der Waals surface area contributed by atoms with Gasteiger partial charge in [0.1, 0.15) is 17.2 Å². The third kappa shape index (κ3) is 1.78. The van der Waals surface area contributed by atoms with Crippen molar-refractivity contribution in [2.45, 2.75) is 0 Å². The van der Waals surface area contributed by atoms with Gasteiger partial charge in [-0.2, -0.15) is 0 Å². The number of benzene rings is 2. The van der Waals surface area contributed by atoms with Crippen LogP contribution in [0.4, 0.5) is 0 Å². The molecule has 0 amide bonds. The highest BCUT2D eigenvalue weighted by Crippen LogP contribution is 2.34. The molecule has 0 aliphatic heterocycles. The van der Waals surface area contributed by atoms with Crippen molar-refractivity contribution in [1.82, 2.24) is 0 Å². The molecule has 5 nitrogen and oxygen atoms in total. The van der Waals surface area contributed by atoms with Crippen LogP contribution in [0.5, 0.6) is 17.2 Å². The molecule has 0 radical (unpaired) electrons. The van der Waals surface area contributed by atoms with Crippen LogP contribution < -0.4 is 0 Å². The maximum atomic E-state index is 11.4. The zero-order chi connectivity index (χ0) is 12.6. The number of carbonyl (C=O) groups excluding carboxylic acids is 2. The quantitative estimate of drug-likeness (QED) is 0.412. The molecule has 0 aromatic heterocycles. The Bertz CT molecular complexity index is 625. The van der Waals surface area contributed by atoms with Gasteiger partial charge in [-0.05, 0) is 23.6 Å². The van der Waals surface area contributed by atoms with E-state index in [4.69, 9.17) is 0 Å². The van der Waals surface area contributed by atoms with Crippen LogP contribution in [0, 0.1) is 0 Å². The average Bonchev–Trinajstić information content (AvgIpc) is 2.25. The first-order valence-corrected chi connectivity index (χ1v) is 4.71. The average molecular weight is 232 g/mol. The van der Waals surface area contributed by atoms with E-state index in [0.29, 0.717) is 0 Å². The van der Waals surface area contributed by atoms with E-state index in [1.807, 2.05) is 0 Å². The van der Waals surface area contributed by atoms with Gasteiger partial charge in [0.15, 0.2) is 6.29 Å². The van der Waals surface area contributed by atoms with Crippen LogP contribution in [0.15, 0.2) is 24.3 Å². The van der Waals surface area contributed by atoms with E-state index >= 15 is 0 Å². The summed E-state index contributed by atoms with van der Waals surface area (Å²) in [5.41, 5.74) is -0.104. The third-order valence-corrected chi connectivity index (χ3v) is 2.37. The van der Waals surface area contributed by atoms with Gasteiger partial charge in [0.2, 0.25) is 5.78 Å². The predicted octanol–water partition coefficient (Wildman–Crippen LogP) is 1.34. The minimum Gasteiger partial charge on any atom is -0.508 e. The molecular weight excluding hydrogens is 224 g/mol. The third-order valence-electron chi connectivity index (χ3n) is 2.37. The van der Waals surface area contributed by atoms with E-state index in [1.165, 1.54) is 12.1 Å². The molecule has 0 fully saturated rings. The standard InChI is InChI=1S/C12H8O5/c13-5-11(17)9-3-7(14)1-6-2-8(15)4-10(16)12(6)9/h1-5,14-16H. The summed E-state index contributed by atoms with van der Waals surface area (Å²) in [4.78, 5) is 21.8. The Morgan fingerprint density at radius 1 is 1.00 bits per heavy atom. The summed E-state index contributed by atoms with van der Waals surface area (Å²) < 4.78 is 0. The molecule has 0 saturated heterocycles. The number of ketones is 1. The molecule has 0 saturated carbocycles. The van der Waals surface area contributed by atoms with Crippen LogP contribution in [0.25, 0.3) is 10.8 Å². The van der Waals surface area contributed by atoms with Crippen LogP contribution in [-0.2, 0) is 4.79 Å². The Kier molecular flexibility index (Phi) is 2.44. The van der Waals surface area contributed by atoms with Gasteiger partial charge in [-0.15, -0.1) is 0 Å². The molecule has 2 rings (SSSR count). The van der Waals surface area contributed by atoms with Crippen LogP contribution in [-0.4, -0.2) is 27.4 Å². The number of hydrogen-bond acceptors (Lipinski definition) is 5. The number of aromatic hydroxyl groups is 3. The lowest BCUT2D eigenvalue weighted by Gasteiger charge is -2.07. The molecular formula is C12H8O5. The molecule has 0 aliphatic carbocycles. The number of carbonyl (C=O) groups is 2. The first kappa shape index (κ1) is 10.9. The topological polar surface area (TPSA) is 94.8 Å². The second-order valence-electron chi connectivity index (χ2n) is 3.54. The summed E-state index contributed by atoms with van der Waals surface area (Å²) in [6.45, 7) is 0. The molecule has 0 heterocycles. The molecule has 2 aromatic rings. The van der Waals surface area contributed by atoms with Gasteiger partial charge in [-0.1, -0.05) is 0 Å². The number of hydrogen-bond donors (Lipinski definition) is 3. The predicted molar refractivity (Wildman–Crippen MR) is 59.3 cm³/mol. The Labute approximate surface area is 95.5 Å². The highest BCUT2D eigenvalue weighted by Gasteiger charge is 2.15. The Morgan fingerprint density at radius 3 is 2.18 bits per heavy atom. The number of phenolic OH excluding ortho intramolecular Hbond substituents is 3. The molecule has 3 N–H and O–H groups in total. The number of aldehydes is 1. The van der Waals surface area contributed by atoms with Crippen LogP contribution in [0.2, 0.25) is 0 Å². The molecule has 0 aliphatic rings. The summed E-state index contributed by atoms with van der Waals surface area (Å²) in [6.07, 6.45) is 0.0977. The first-order chi connectivity index (χ1) is 8.02. The van der Waals surface area contributed by atoms with Crippen LogP contribution in [0.1, 0.15) is 10.4 Å². The molecule has 86 valence electrons. The summed E-state index contributed by atoms with van der Waals surface area (Å²) in [7, 11) is 0. The largest absolute Gasteiger partial charge is 0.508 e. The normalized spacial score (nSPS) is 10.4. The Balaban J connectivity index is 2.92. The van der Waals surface area contributed by atoms with Crippen molar-refractivity contribution in [2.24, 2.45) is 0 Å². The van der Waals surface area contributed by atoms with Crippen molar-refractivity contribution in [3.63, 3.8) is 0 Å². The fourth-order valence-corrected chi connectivity index (χ4v) is 1.72. The maximum absolute atomic E-state index is 11.4. The molecule has 0 bridgehead atoms. The maximum Gasteiger partial charge on any atom is 0.226 e. The van der Waals surface area contributed by atoms with Crippen molar-refractivity contribution in [3.8, 4) is 17.2 Å². The van der Waals surface area contributed by atoms with E-state index in [2.05, 4.69) is 0 Å². The lowest BCUT2D eigenvalue weighted by Crippen LogP contribution is -2.00. The van der Waals surface area contributed by atoms with E-state index in [-0.39, 0.29) is 39.9 Å². The minimum atomic E-state index is -0.855. The van der Waals surface area contributed by atoms with E-state index in [9.17, 15) is 24.9 Å². The number of fused-ring (bicyclic) bond motifs is 1. The molecule has 2 aromatic carbocycles. The number of rotatable bonds is 2. The summed E-state index contributed by atoms with van der Waals surface area (Å²) in [5, 5.41) is 28.8. The van der Waals surface area contributed by atoms with Gasteiger partial charge in [-0.3, -0.25) is 9.59 Å². The fourth-order valence-electron chi connectivity index (χ4n) is 1.72. The van der Waals surface area contributed by atoms with E-state index in [0.717, 1.165) is 12.1 Å². The molecule has 0 unspecified atom stereocenters. The fraction of sp³-hybridized carbons (Fsp3) is 0. The highest BCUT2D eigenvalue weighted by molar-refractivity contribution is 6.36. The van der Waals surface area contributed by atoms with Crippen molar-refractivity contribution in [3.05, 3.63) is 29.8 Å². The van der Waals surface area contributed by atoms with Gasteiger partial charge >= 0.3 is 0 Å². The summed E-state index contributed by atoms with van der Waals surface area (Å²) in [5.74, 6) is -1.62. The van der Waals surface area contributed by atoms with Crippen LogP contribution >= 0.6 is 0 Å². The van der Waals surface area contributed by atoms with E-state index in [1.54, 1.807) is 0 Å². The number of Topliss-reactive ketones (excluding diaryl/α,β-unsaturated/α-hetero) is 1. The van der Waals surface area contributed by atoms with Crippen molar-refractivity contribution in [1.29, 1.82) is 0 Å². The molecule has 0 atom stereocenters. The van der Waals surface area contributed by atoms with E-state index < -0.39 is 5.78 Å². The highest BCUT2D eigenvalue weighted by atomic mass is 16.3. The number of phenols is 3. The van der Waals surface area contributed by atoms with Crippen LogP contribution in [0.3, 0.4) is 0 Å². The second kappa shape index (κ2) is 3.79. The second-order valence-corrected chi connectivity index (χ2v) is 3.54.